The number of hydrogen-bond acceptors (Lipinski definition) is 6. The van der Waals surface area contributed by atoms with Crippen molar-refractivity contribution in [3.8, 4) is 0 Å². The van der Waals surface area contributed by atoms with Gasteiger partial charge in [0.1, 0.15) is 0 Å². The van der Waals surface area contributed by atoms with Crippen LogP contribution in [-0.4, -0.2) is 63.2 Å². The van der Waals surface area contributed by atoms with Crippen LogP contribution in [0.5, 0.6) is 0 Å². The van der Waals surface area contributed by atoms with Crippen molar-refractivity contribution in [3.05, 3.63) is 48.5 Å². The van der Waals surface area contributed by atoms with Crippen LogP contribution in [0.4, 0.5) is 11.9 Å². The van der Waals surface area contributed by atoms with Gasteiger partial charge < -0.3 is 31.2 Å². The second-order valence-electron chi connectivity index (χ2n) is 5.59. The summed E-state index contributed by atoms with van der Waals surface area (Å²) in [6.07, 6.45) is 0. The predicted molar refractivity (Wildman–Crippen MR) is 120 cm³/mol. The molecule has 2 aromatic carbocycles. The van der Waals surface area contributed by atoms with E-state index < -0.39 is 0 Å². The summed E-state index contributed by atoms with van der Waals surface area (Å²) in [4.78, 5) is 14.8. The van der Waals surface area contributed by atoms with Crippen LogP contribution in [0.2, 0.25) is 0 Å². The van der Waals surface area contributed by atoms with Crippen molar-refractivity contribution in [2.45, 2.75) is 0 Å². The molecule has 0 atom stereocenters. The molecule has 0 saturated heterocycles. The van der Waals surface area contributed by atoms with E-state index in [0.29, 0.717) is 0 Å². The highest BCUT2D eigenvalue weighted by molar-refractivity contribution is 5.77. The normalized spacial score (nSPS) is 9.57. The third-order valence-corrected chi connectivity index (χ3v) is 3.61. The third-order valence-electron chi connectivity index (χ3n) is 3.61. The minimum Gasteiger partial charge on any atom is -0.359 e. The van der Waals surface area contributed by atoms with Crippen LogP contribution >= 0.6 is 0 Å². The van der Waals surface area contributed by atoms with Gasteiger partial charge in [-0.3, -0.25) is 0 Å². The van der Waals surface area contributed by atoms with Crippen LogP contribution in [0.3, 0.4) is 0 Å². The number of benzene rings is 2. The van der Waals surface area contributed by atoms with Gasteiger partial charge in [-0.2, -0.15) is 0 Å². The Balaban J connectivity index is 0.000000222. The van der Waals surface area contributed by atoms with E-state index >= 15 is 0 Å². The minimum atomic E-state index is 0. The maximum atomic E-state index is 4.26. The number of rotatable bonds is 4. The zero-order valence-corrected chi connectivity index (χ0v) is 16.8. The fourth-order valence-corrected chi connectivity index (χ4v) is 2.32. The minimum absolute atomic E-state index is 0. The van der Waals surface area contributed by atoms with Crippen LogP contribution in [0.1, 0.15) is 0 Å². The largest absolute Gasteiger partial charge is 0.359 e. The molecule has 2 aromatic heterocycles. The first-order chi connectivity index (χ1) is 13.2. The van der Waals surface area contributed by atoms with Crippen LogP contribution < -0.4 is 21.3 Å². The number of H-pyrrole nitrogens is 2. The van der Waals surface area contributed by atoms with E-state index in [1.807, 2.05) is 76.7 Å². The molecule has 0 bridgehead atoms. The zero-order chi connectivity index (χ0) is 19.5. The SMILES string of the molecule is CNCNC.CNc1nc2ccccc2[nH]1.CNc1nc2ccccc2[nH]1.[B]. The van der Waals surface area contributed by atoms with Gasteiger partial charge >= 0.3 is 0 Å². The molecule has 0 aliphatic rings. The van der Waals surface area contributed by atoms with Crippen molar-refractivity contribution in [3.63, 3.8) is 0 Å². The molecular weight excluding hydrogens is 351 g/mol. The van der Waals surface area contributed by atoms with E-state index in [2.05, 4.69) is 41.2 Å². The molecule has 2 heterocycles. The van der Waals surface area contributed by atoms with Crippen molar-refractivity contribution < 1.29 is 0 Å². The second kappa shape index (κ2) is 12.4. The maximum Gasteiger partial charge on any atom is 0.200 e. The van der Waals surface area contributed by atoms with Crippen LogP contribution in [-0.2, 0) is 0 Å². The van der Waals surface area contributed by atoms with Crippen molar-refractivity contribution in [1.82, 2.24) is 30.6 Å². The Bertz CT molecular complexity index is 792. The van der Waals surface area contributed by atoms with E-state index in [1.165, 1.54) is 0 Å². The van der Waals surface area contributed by atoms with Crippen molar-refractivity contribution in [1.29, 1.82) is 0 Å². The maximum absolute atomic E-state index is 4.26. The summed E-state index contributed by atoms with van der Waals surface area (Å²) in [5.74, 6) is 1.62. The molecule has 9 heteroatoms. The number of anilines is 2. The topological polar surface area (TPSA) is 105 Å². The molecular formula is C19H28BN8. The second-order valence-corrected chi connectivity index (χ2v) is 5.59. The fraction of sp³-hybridized carbons (Fsp3) is 0.263. The van der Waals surface area contributed by atoms with Gasteiger partial charge in [0.05, 0.1) is 22.1 Å². The molecule has 0 amide bonds. The number of hydrogen-bond donors (Lipinski definition) is 6. The third kappa shape index (κ3) is 6.60. The van der Waals surface area contributed by atoms with Crippen LogP contribution in [0.25, 0.3) is 22.1 Å². The first kappa shape index (κ1) is 23.0. The first-order valence-electron chi connectivity index (χ1n) is 8.76. The number of para-hydroxylation sites is 4. The van der Waals surface area contributed by atoms with E-state index in [-0.39, 0.29) is 8.41 Å². The lowest BCUT2D eigenvalue weighted by molar-refractivity contribution is 0.708. The Kier molecular flexibility index (Phi) is 10.2. The molecule has 4 rings (SSSR count). The molecule has 0 aliphatic carbocycles. The molecule has 0 spiro atoms. The highest BCUT2D eigenvalue weighted by atomic mass is 15.1. The van der Waals surface area contributed by atoms with E-state index in [1.54, 1.807) is 0 Å². The molecule has 8 nitrogen and oxygen atoms in total. The summed E-state index contributed by atoms with van der Waals surface area (Å²) in [6.45, 7) is 0.889. The highest BCUT2D eigenvalue weighted by Crippen LogP contribution is 2.12. The van der Waals surface area contributed by atoms with Gasteiger partial charge in [-0.05, 0) is 38.4 Å². The predicted octanol–water partition coefficient (Wildman–Crippen LogP) is 2.21. The molecule has 0 aliphatic heterocycles. The Hall–Kier alpha value is -3.04. The van der Waals surface area contributed by atoms with Crippen LogP contribution in [0, 0.1) is 0 Å². The summed E-state index contributed by atoms with van der Waals surface area (Å²) in [7, 11) is 7.49. The smallest absolute Gasteiger partial charge is 0.200 e. The number of nitrogens with zero attached hydrogens (tertiary/aromatic N) is 2. The highest BCUT2D eigenvalue weighted by Gasteiger charge is 1.97. The van der Waals surface area contributed by atoms with Crippen molar-refractivity contribution in [2.75, 3.05) is 45.5 Å². The van der Waals surface area contributed by atoms with E-state index in [0.717, 1.165) is 40.6 Å². The number of aromatic nitrogens is 4. The molecule has 28 heavy (non-hydrogen) atoms. The molecule has 0 fully saturated rings. The fourth-order valence-electron chi connectivity index (χ4n) is 2.32. The lowest BCUT2D eigenvalue weighted by Crippen LogP contribution is -2.21. The average molecular weight is 379 g/mol. The number of imidazole rings is 2. The lowest BCUT2D eigenvalue weighted by atomic mass is 10.3. The van der Waals surface area contributed by atoms with Gasteiger partial charge in [0.15, 0.2) is 0 Å². The first-order valence-corrected chi connectivity index (χ1v) is 8.76. The summed E-state index contributed by atoms with van der Waals surface area (Å²) in [5.41, 5.74) is 4.13. The molecule has 3 radical (unpaired) electrons. The monoisotopic (exact) mass is 379 g/mol. The Morgan fingerprint density at radius 2 is 1.07 bits per heavy atom. The molecule has 0 unspecified atom stereocenters. The summed E-state index contributed by atoms with van der Waals surface area (Å²) in [5, 5.41) is 11.7. The molecule has 4 aromatic rings. The Morgan fingerprint density at radius 1 is 0.679 bits per heavy atom. The van der Waals surface area contributed by atoms with Gasteiger partial charge in [-0.1, -0.05) is 24.3 Å². The number of aromatic amines is 2. The summed E-state index contributed by atoms with van der Waals surface area (Å²) in [6, 6.07) is 15.9. The molecule has 0 saturated carbocycles. The van der Waals surface area contributed by atoms with E-state index in [4.69, 9.17) is 0 Å². The van der Waals surface area contributed by atoms with Gasteiger partial charge in [0, 0.05) is 29.2 Å². The van der Waals surface area contributed by atoms with Gasteiger partial charge in [-0.15, -0.1) is 0 Å². The van der Waals surface area contributed by atoms with Gasteiger partial charge in [0.2, 0.25) is 11.9 Å². The number of nitrogens with one attached hydrogen (secondary N) is 6. The average Bonchev–Trinajstić information content (AvgIpc) is 3.32. The van der Waals surface area contributed by atoms with Crippen molar-refractivity contribution >= 4 is 42.4 Å². The van der Waals surface area contributed by atoms with Crippen molar-refractivity contribution in [2.24, 2.45) is 0 Å². The zero-order valence-electron chi connectivity index (χ0n) is 16.8. The summed E-state index contributed by atoms with van der Waals surface area (Å²) >= 11 is 0. The number of fused-ring (bicyclic) bond motifs is 2. The van der Waals surface area contributed by atoms with E-state index in [9.17, 15) is 0 Å². The standard InChI is InChI=1S/2C8H9N3.C3H10N2.B/c2*1-9-8-10-6-4-2-3-5-7(6)11-8;1-4-3-5-2;/h2*2-5H,1H3,(H2,9,10,11);4-5H,3H2,1-2H3;. The Morgan fingerprint density at radius 3 is 1.36 bits per heavy atom. The Labute approximate surface area is 167 Å². The quantitative estimate of drug-likeness (QED) is 0.240. The molecule has 6 N–H and O–H groups in total. The summed E-state index contributed by atoms with van der Waals surface area (Å²) < 4.78 is 0. The van der Waals surface area contributed by atoms with Gasteiger partial charge in [-0.25, -0.2) is 9.97 Å². The molecule has 147 valence electrons. The lowest BCUT2D eigenvalue weighted by Gasteiger charge is -1.88. The van der Waals surface area contributed by atoms with Crippen LogP contribution in [0.15, 0.2) is 48.5 Å². The van der Waals surface area contributed by atoms with Gasteiger partial charge in [0.25, 0.3) is 0 Å².